The van der Waals surface area contributed by atoms with E-state index in [1.807, 2.05) is 35.7 Å². The van der Waals surface area contributed by atoms with Crippen LogP contribution in [-0.4, -0.2) is 26.5 Å². The van der Waals surface area contributed by atoms with Gasteiger partial charge in [0.1, 0.15) is 0 Å². The van der Waals surface area contributed by atoms with E-state index in [1.54, 1.807) is 0 Å². The molecule has 6 nitrogen and oxygen atoms in total. The van der Waals surface area contributed by atoms with E-state index in [0.29, 0.717) is 0 Å². The van der Waals surface area contributed by atoms with Crippen LogP contribution in [0.1, 0.15) is 44.5 Å². The molecule has 1 amide bonds. The molecule has 3 rings (SSSR count). The summed E-state index contributed by atoms with van der Waals surface area (Å²) in [6, 6.07) is 5.51. The number of hydrogen-bond donors (Lipinski definition) is 2. The van der Waals surface area contributed by atoms with Crippen LogP contribution in [-0.2, 0) is 4.79 Å². The number of rotatable bonds is 3. The van der Waals surface area contributed by atoms with E-state index in [1.165, 1.54) is 0 Å². The fourth-order valence-corrected chi connectivity index (χ4v) is 3.03. The first-order valence-corrected chi connectivity index (χ1v) is 7.52. The number of hydrogen-bond acceptors (Lipinski definition) is 4. The van der Waals surface area contributed by atoms with Crippen molar-refractivity contribution in [1.29, 1.82) is 0 Å². The predicted octanol–water partition coefficient (Wildman–Crippen LogP) is 1.42. The monoisotopic (exact) mass is 287 g/mol. The summed E-state index contributed by atoms with van der Waals surface area (Å²) >= 11 is 0. The molecule has 1 saturated carbocycles. The molecule has 0 bridgehead atoms. The van der Waals surface area contributed by atoms with Crippen molar-refractivity contribution in [1.82, 2.24) is 19.9 Å². The molecule has 1 fully saturated rings. The van der Waals surface area contributed by atoms with E-state index < -0.39 is 0 Å². The van der Waals surface area contributed by atoms with Gasteiger partial charge >= 0.3 is 0 Å². The molecule has 0 aliphatic heterocycles. The number of pyridine rings is 1. The van der Waals surface area contributed by atoms with E-state index in [4.69, 9.17) is 5.73 Å². The molecule has 6 heteroatoms. The van der Waals surface area contributed by atoms with Gasteiger partial charge in [-0.15, -0.1) is 10.2 Å². The zero-order valence-corrected chi connectivity index (χ0v) is 12.2. The Kier molecular flexibility index (Phi) is 3.88. The highest BCUT2D eigenvalue weighted by Crippen LogP contribution is 2.24. The van der Waals surface area contributed by atoms with Gasteiger partial charge in [0.15, 0.2) is 11.5 Å². The number of carbonyl (C=O) groups excluding carboxylic acids is 1. The largest absolute Gasteiger partial charge is 0.346 e. The maximum atomic E-state index is 12.4. The molecule has 21 heavy (non-hydrogen) atoms. The molecule has 0 radical (unpaired) electrons. The zero-order chi connectivity index (χ0) is 14.8. The van der Waals surface area contributed by atoms with Gasteiger partial charge in [0, 0.05) is 12.2 Å². The fraction of sp³-hybridized carbons (Fsp3) is 0.533. The third kappa shape index (κ3) is 2.76. The summed E-state index contributed by atoms with van der Waals surface area (Å²) in [4.78, 5) is 12.4. The molecular formula is C15H21N5O. The van der Waals surface area contributed by atoms with Gasteiger partial charge in [-0.1, -0.05) is 18.9 Å². The van der Waals surface area contributed by atoms with Crippen molar-refractivity contribution in [2.75, 3.05) is 0 Å². The van der Waals surface area contributed by atoms with E-state index >= 15 is 0 Å². The number of fused-ring (bicyclic) bond motifs is 1. The molecule has 3 unspecified atom stereocenters. The lowest BCUT2D eigenvalue weighted by Gasteiger charge is -2.28. The van der Waals surface area contributed by atoms with Crippen LogP contribution >= 0.6 is 0 Å². The molecule has 112 valence electrons. The summed E-state index contributed by atoms with van der Waals surface area (Å²) in [7, 11) is 0. The van der Waals surface area contributed by atoms with Crippen LogP contribution in [0.4, 0.5) is 0 Å². The van der Waals surface area contributed by atoms with Crippen molar-refractivity contribution in [2.45, 2.75) is 44.7 Å². The Hall–Kier alpha value is -1.95. The first kappa shape index (κ1) is 14.0. The SMILES string of the molecule is CC(NC(=O)C1CCCCC1N)c1nnc2ccccn12. The number of amides is 1. The van der Waals surface area contributed by atoms with Crippen molar-refractivity contribution in [3.8, 4) is 0 Å². The number of carbonyl (C=O) groups is 1. The third-order valence-corrected chi connectivity index (χ3v) is 4.24. The van der Waals surface area contributed by atoms with Crippen LogP contribution in [0.25, 0.3) is 5.65 Å². The van der Waals surface area contributed by atoms with Crippen LogP contribution in [0.3, 0.4) is 0 Å². The minimum atomic E-state index is -0.191. The van der Waals surface area contributed by atoms with Gasteiger partial charge in [0.2, 0.25) is 5.91 Å². The van der Waals surface area contributed by atoms with Crippen molar-refractivity contribution in [3.63, 3.8) is 0 Å². The molecule has 2 aromatic heterocycles. The third-order valence-electron chi connectivity index (χ3n) is 4.24. The van der Waals surface area contributed by atoms with Crippen LogP contribution in [0, 0.1) is 5.92 Å². The van der Waals surface area contributed by atoms with Gasteiger partial charge in [0.25, 0.3) is 0 Å². The summed E-state index contributed by atoms with van der Waals surface area (Å²) in [6.07, 6.45) is 5.91. The Bertz CT molecular complexity index is 638. The zero-order valence-electron chi connectivity index (χ0n) is 12.2. The van der Waals surface area contributed by atoms with Gasteiger partial charge < -0.3 is 11.1 Å². The van der Waals surface area contributed by atoms with Crippen molar-refractivity contribution in [3.05, 3.63) is 30.2 Å². The predicted molar refractivity (Wildman–Crippen MR) is 79.5 cm³/mol. The van der Waals surface area contributed by atoms with Crippen LogP contribution in [0.2, 0.25) is 0 Å². The quantitative estimate of drug-likeness (QED) is 0.894. The van der Waals surface area contributed by atoms with E-state index in [-0.39, 0.29) is 23.9 Å². The molecule has 0 saturated heterocycles. The Balaban J connectivity index is 1.73. The highest BCUT2D eigenvalue weighted by molar-refractivity contribution is 5.79. The van der Waals surface area contributed by atoms with E-state index in [0.717, 1.165) is 37.2 Å². The second-order valence-electron chi connectivity index (χ2n) is 5.77. The number of aromatic nitrogens is 3. The number of nitrogens with one attached hydrogen (secondary N) is 1. The van der Waals surface area contributed by atoms with Crippen molar-refractivity contribution in [2.24, 2.45) is 11.7 Å². The van der Waals surface area contributed by atoms with E-state index in [9.17, 15) is 4.79 Å². The van der Waals surface area contributed by atoms with Gasteiger partial charge in [-0.25, -0.2) is 0 Å². The molecular weight excluding hydrogens is 266 g/mol. The van der Waals surface area contributed by atoms with E-state index in [2.05, 4.69) is 15.5 Å². The van der Waals surface area contributed by atoms with Crippen LogP contribution in [0.15, 0.2) is 24.4 Å². The van der Waals surface area contributed by atoms with Gasteiger partial charge in [0.05, 0.1) is 12.0 Å². The Morgan fingerprint density at radius 1 is 1.38 bits per heavy atom. The first-order valence-electron chi connectivity index (χ1n) is 7.52. The first-order chi connectivity index (χ1) is 10.2. The fourth-order valence-electron chi connectivity index (χ4n) is 3.03. The summed E-state index contributed by atoms with van der Waals surface area (Å²) in [5, 5.41) is 11.3. The lowest BCUT2D eigenvalue weighted by Crippen LogP contribution is -2.44. The average molecular weight is 287 g/mol. The second-order valence-corrected chi connectivity index (χ2v) is 5.77. The van der Waals surface area contributed by atoms with Crippen molar-refractivity contribution >= 4 is 11.6 Å². The standard InChI is InChI=1S/C15H21N5O/c1-10(14-19-18-13-8-4-5-9-20(13)14)17-15(21)11-6-2-3-7-12(11)16/h4-5,8-12H,2-3,6-7,16H2,1H3,(H,17,21). The minimum Gasteiger partial charge on any atom is -0.346 e. The van der Waals surface area contributed by atoms with Crippen LogP contribution < -0.4 is 11.1 Å². The lowest BCUT2D eigenvalue weighted by molar-refractivity contribution is -0.127. The van der Waals surface area contributed by atoms with Gasteiger partial charge in [-0.2, -0.15) is 0 Å². The van der Waals surface area contributed by atoms with Gasteiger partial charge in [-0.05, 0) is 31.9 Å². The Morgan fingerprint density at radius 2 is 2.19 bits per heavy atom. The molecule has 0 aromatic carbocycles. The second kappa shape index (κ2) is 5.81. The number of nitrogens with zero attached hydrogens (tertiary/aromatic N) is 3. The summed E-state index contributed by atoms with van der Waals surface area (Å²) in [5.74, 6) is 0.686. The smallest absolute Gasteiger partial charge is 0.225 e. The normalized spacial score (nSPS) is 23.9. The molecule has 1 aliphatic rings. The molecule has 0 spiro atoms. The Labute approximate surface area is 123 Å². The summed E-state index contributed by atoms with van der Waals surface area (Å²) in [5.41, 5.74) is 6.85. The summed E-state index contributed by atoms with van der Waals surface area (Å²) < 4.78 is 1.89. The average Bonchev–Trinajstić information content (AvgIpc) is 2.91. The lowest BCUT2D eigenvalue weighted by atomic mass is 9.84. The molecule has 2 aromatic rings. The minimum absolute atomic E-state index is 0.0268. The summed E-state index contributed by atoms with van der Waals surface area (Å²) in [6.45, 7) is 1.93. The highest BCUT2D eigenvalue weighted by Gasteiger charge is 2.29. The highest BCUT2D eigenvalue weighted by atomic mass is 16.2. The van der Waals surface area contributed by atoms with Crippen LogP contribution in [0.5, 0.6) is 0 Å². The van der Waals surface area contributed by atoms with Gasteiger partial charge in [-0.3, -0.25) is 9.20 Å². The molecule has 2 heterocycles. The molecule has 3 N–H and O–H groups in total. The molecule has 1 aliphatic carbocycles. The maximum absolute atomic E-state index is 12.4. The Morgan fingerprint density at radius 3 is 3.00 bits per heavy atom. The van der Waals surface area contributed by atoms with Crippen molar-refractivity contribution < 1.29 is 4.79 Å². The molecule has 3 atom stereocenters. The maximum Gasteiger partial charge on any atom is 0.225 e. The topological polar surface area (TPSA) is 85.3 Å². The number of nitrogens with two attached hydrogens (primary N) is 1.